The summed E-state index contributed by atoms with van der Waals surface area (Å²) in [5, 5.41) is 37.8. The van der Waals surface area contributed by atoms with E-state index in [2.05, 4.69) is 0 Å². The molecular formula is C18H34F2O9. The molecule has 29 heavy (non-hydrogen) atoms. The van der Waals surface area contributed by atoms with Crippen molar-refractivity contribution >= 4 is 0 Å². The van der Waals surface area contributed by atoms with Crippen LogP contribution in [0.1, 0.15) is 44.9 Å². The summed E-state index contributed by atoms with van der Waals surface area (Å²) < 4.78 is 29.4. The van der Waals surface area contributed by atoms with Gasteiger partial charge in [0.05, 0.1) is 44.7 Å². The van der Waals surface area contributed by atoms with E-state index in [0.717, 1.165) is 12.8 Å². The normalized spacial score (nSPS) is 39.7. The molecule has 0 bridgehead atoms. The van der Waals surface area contributed by atoms with E-state index in [4.69, 9.17) is 23.7 Å². The topological polar surface area (TPSA) is 127 Å². The summed E-state index contributed by atoms with van der Waals surface area (Å²) in [6.07, 6.45) is 2.99. The molecule has 0 aromatic carbocycles. The molecule has 6 atom stereocenters. The molecule has 11 heteroatoms. The Bertz CT molecular complexity index is 475. The van der Waals surface area contributed by atoms with E-state index in [1.165, 1.54) is 0 Å². The Hall–Kier alpha value is -0.500. The minimum Gasteiger partial charge on any atom is -0.394 e. The van der Waals surface area contributed by atoms with Crippen molar-refractivity contribution in [1.82, 2.24) is 0 Å². The van der Waals surface area contributed by atoms with Gasteiger partial charge in [-0.25, -0.2) is 0 Å². The van der Waals surface area contributed by atoms with E-state index in [-0.39, 0.29) is 60.8 Å². The average Bonchev–Trinajstić information content (AvgIpc) is 3.32. The van der Waals surface area contributed by atoms with E-state index in [0.29, 0.717) is 32.1 Å². The quantitative estimate of drug-likeness (QED) is 0.396. The average molecular weight is 432 g/mol. The van der Waals surface area contributed by atoms with Crippen LogP contribution in [0.25, 0.3) is 0 Å². The maximum atomic E-state index is 9.77. The van der Waals surface area contributed by atoms with E-state index in [9.17, 15) is 20.4 Å². The van der Waals surface area contributed by atoms with E-state index >= 15 is 0 Å². The lowest BCUT2D eigenvalue weighted by atomic mass is 10.1. The second kappa shape index (κ2) is 11.8. The first kappa shape index (κ1) is 26.5. The number of hydrogen-bond acceptors (Lipinski definition) is 9. The summed E-state index contributed by atoms with van der Waals surface area (Å²) in [5.41, 5.74) is 0. The Balaban J connectivity index is 0.00000210. The summed E-state index contributed by atoms with van der Waals surface area (Å²) >= 11 is 0. The lowest BCUT2D eigenvalue weighted by molar-refractivity contribution is -0.356. The molecule has 0 radical (unpaired) electrons. The van der Waals surface area contributed by atoms with Crippen LogP contribution in [-0.2, 0) is 23.7 Å². The first-order valence-electron chi connectivity index (χ1n) is 9.82. The standard InChI is InChI=1S/C18H32O9.2FH/c19-8-13-2-1-3-16(24-13)27-18(7-5-15(10-21)26-18)12-23-17(11-22)6-4-14(9-20)25-17;;/h13-16,19-22H,1-12H2;2*1H. The van der Waals surface area contributed by atoms with Gasteiger partial charge in [0.1, 0.15) is 6.61 Å². The molecule has 0 saturated carbocycles. The summed E-state index contributed by atoms with van der Waals surface area (Å²) in [6.45, 7) is -0.646. The fourth-order valence-corrected chi connectivity index (χ4v) is 3.92. The first-order valence-corrected chi connectivity index (χ1v) is 9.82. The molecule has 3 rings (SSSR count). The third kappa shape index (κ3) is 6.49. The molecule has 9 nitrogen and oxygen atoms in total. The summed E-state index contributed by atoms with van der Waals surface area (Å²) in [5.74, 6) is -2.30. The van der Waals surface area contributed by atoms with Gasteiger partial charge >= 0.3 is 0 Å². The van der Waals surface area contributed by atoms with Crippen LogP contribution in [-0.4, -0.2) is 89.6 Å². The second-order valence-corrected chi connectivity index (χ2v) is 7.61. The van der Waals surface area contributed by atoms with Gasteiger partial charge in [-0.2, -0.15) is 0 Å². The van der Waals surface area contributed by atoms with Crippen molar-refractivity contribution in [3.63, 3.8) is 0 Å². The minimum absolute atomic E-state index is 0. The van der Waals surface area contributed by atoms with Gasteiger partial charge in [0.2, 0.25) is 0 Å². The van der Waals surface area contributed by atoms with Crippen molar-refractivity contribution in [2.45, 2.75) is 81.1 Å². The van der Waals surface area contributed by atoms with Crippen LogP contribution in [0.5, 0.6) is 0 Å². The maximum absolute atomic E-state index is 9.77. The third-order valence-corrected chi connectivity index (χ3v) is 5.52. The van der Waals surface area contributed by atoms with Crippen LogP contribution < -0.4 is 0 Å². The molecule has 0 aliphatic carbocycles. The smallest absolute Gasteiger partial charge is 0.195 e. The van der Waals surface area contributed by atoms with Crippen LogP contribution in [0, 0.1) is 0 Å². The van der Waals surface area contributed by atoms with Crippen molar-refractivity contribution < 1.29 is 53.5 Å². The summed E-state index contributed by atoms with van der Waals surface area (Å²) in [6, 6.07) is 0. The molecule has 0 aromatic heterocycles. The SMILES string of the molecule is F.F.OCC1CCCC(OC2(COC3(CO)CCC(CO)O3)CCC(CO)O2)O1. The Morgan fingerprint density at radius 1 is 0.759 bits per heavy atom. The molecule has 3 heterocycles. The molecule has 3 aliphatic heterocycles. The van der Waals surface area contributed by atoms with Crippen molar-refractivity contribution in [2.24, 2.45) is 0 Å². The molecule has 3 fully saturated rings. The van der Waals surface area contributed by atoms with Crippen LogP contribution in [0.15, 0.2) is 0 Å². The van der Waals surface area contributed by atoms with Crippen LogP contribution >= 0.6 is 0 Å². The van der Waals surface area contributed by atoms with Gasteiger partial charge in [-0.15, -0.1) is 0 Å². The van der Waals surface area contributed by atoms with Gasteiger partial charge in [0.25, 0.3) is 0 Å². The van der Waals surface area contributed by atoms with Crippen molar-refractivity contribution in [3.05, 3.63) is 0 Å². The van der Waals surface area contributed by atoms with Gasteiger partial charge in [-0.05, 0) is 32.1 Å². The largest absolute Gasteiger partial charge is 0.394 e. The Morgan fingerprint density at radius 3 is 1.90 bits per heavy atom. The molecule has 0 aromatic rings. The zero-order chi connectivity index (χ0) is 19.3. The Kier molecular flexibility index (Phi) is 10.8. The van der Waals surface area contributed by atoms with Crippen molar-refractivity contribution in [2.75, 3.05) is 33.0 Å². The Morgan fingerprint density at radius 2 is 1.34 bits per heavy atom. The minimum atomic E-state index is -1.19. The van der Waals surface area contributed by atoms with Gasteiger partial charge < -0.3 is 44.1 Å². The highest BCUT2D eigenvalue weighted by Crippen LogP contribution is 2.38. The highest BCUT2D eigenvalue weighted by molar-refractivity contribution is 4.86. The predicted octanol–water partition coefficient (Wildman–Crippen LogP) is -0.0604. The lowest BCUT2D eigenvalue weighted by Gasteiger charge is -2.38. The van der Waals surface area contributed by atoms with Crippen molar-refractivity contribution in [3.8, 4) is 0 Å². The fourth-order valence-electron chi connectivity index (χ4n) is 3.92. The zero-order valence-electron chi connectivity index (χ0n) is 16.4. The van der Waals surface area contributed by atoms with Gasteiger partial charge in [0.15, 0.2) is 17.9 Å². The highest BCUT2D eigenvalue weighted by atomic mass is 19.0. The maximum Gasteiger partial charge on any atom is 0.195 e. The predicted molar refractivity (Wildman–Crippen MR) is 96.6 cm³/mol. The molecule has 3 saturated heterocycles. The number of aliphatic hydroxyl groups excluding tert-OH is 4. The molecular weight excluding hydrogens is 398 g/mol. The fraction of sp³-hybridized carbons (Fsp3) is 1.00. The zero-order valence-corrected chi connectivity index (χ0v) is 16.4. The molecule has 174 valence electrons. The van der Waals surface area contributed by atoms with Gasteiger partial charge in [0, 0.05) is 12.8 Å². The Labute approximate surface area is 168 Å². The van der Waals surface area contributed by atoms with Gasteiger partial charge in [-0.1, -0.05) is 0 Å². The monoisotopic (exact) mass is 432 g/mol. The molecule has 6 unspecified atom stereocenters. The number of rotatable bonds is 9. The molecule has 0 spiro atoms. The molecule has 4 N–H and O–H groups in total. The van der Waals surface area contributed by atoms with E-state index < -0.39 is 17.9 Å². The molecule has 3 aliphatic rings. The number of hydrogen-bond donors (Lipinski definition) is 4. The number of ether oxygens (including phenoxy) is 5. The third-order valence-electron chi connectivity index (χ3n) is 5.52. The first-order chi connectivity index (χ1) is 13.1. The van der Waals surface area contributed by atoms with Gasteiger partial charge in [-0.3, -0.25) is 9.41 Å². The number of aliphatic hydroxyl groups is 4. The van der Waals surface area contributed by atoms with Crippen LogP contribution in [0.4, 0.5) is 9.41 Å². The summed E-state index contributed by atoms with van der Waals surface area (Å²) in [7, 11) is 0. The van der Waals surface area contributed by atoms with Crippen molar-refractivity contribution in [1.29, 1.82) is 0 Å². The van der Waals surface area contributed by atoms with E-state index in [1.807, 2.05) is 0 Å². The van der Waals surface area contributed by atoms with Crippen LogP contribution in [0.2, 0.25) is 0 Å². The van der Waals surface area contributed by atoms with E-state index in [1.54, 1.807) is 0 Å². The lowest BCUT2D eigenvalue weighted by Crippen LogP contribution is -2.48. The second-order valence-electron chi connectivity index (χ2n) is 7.61. The molecule has 0 amide bonds. The van der Waals surface area contributed by atoms with Crippen LogP contribution in [0.3, 0.4) is 0 Å². The number of halogens is 2. The summed E-state index contributed by atoms with van der Waals surface area (Å²) in [4.78, 5) is 0. The highest BCUT2D eigenvalue weighted by Gasteiger charge is 2.48.